The van der Waals surface area contributed by atoms with Crippen molar-refractivity contribution in [2.24, 2.45) is 0 Å². The van der Waals surface area contributed by atoms with E-state index in [2.05, 4.69) is 0 Å². The number of fused-ring (bicyclic) bond motifs is 1. The van der Waals surface area contributed by atoms with E-state index in [1.54, 1.807) is 31.4 Å². The zero-order valence-corrected chi connectivity index (χ0v) is 10.4. The average Bonchev–Trinajstić information content (AvgIpc) is 2.65. The highest BCUT2D eigenvalue weighted by molar-refractivity contribution is 6.20. The van der Waals surface area contributed by atoms with Gasteiger partial charge in [-0.25, -0.2) is 0 Å². The number of methoxy groups -OCH3 is 1. The number of hydrogen-bond donors (Lipinski definition) is 0. The third-order valence-electron chi connectivity index (χ3n) is 2.93. The van der Waals surface area contributed by atoms with E-state index in [-0.39, 0.29) is 12.7 Å². The zero-order chi connectivity index (χ0) is 13.1. The molecule has 1 heterocycles. The van der Waals surface area contributed by atoms with Crippen LogP contribution in [0.3, 0.4) is 0 Å². The van der Waals surface area contributed by atoms with E-state index in [0.717, 1.165) is 11.5 Å². The van der Waals surface area contributed by atoms with Crippen LogP contribution in [0, 0.1) is 0 Å². The van der Waals surface area contributed by atoms with Gasteiger partial charge >= 0.3 is 0 Å². The molecule has 0 spiro atoms. The molecule has 0 bridgehead atoms. The first kappa shape index (κ1) is 12.7. The molecule has 1 aliphatic rings. The molecule has 0 aliphatic carbocycles. The van der Waals surface area contributed by atoms with Crippen LogP contribution in [0.15, 0.2) is 24.3 Å². The summed E-state index contributed by atoms with van der Waals surface area (Å²) >= 11 is 0. The first-order chi connectivity index (χ1) is 8.69. The lowest BCUT2D eigenvalue weighted by molar-refractivity contribution is -0.121. The summed E-state index contributed by atoms with van der Waals surface area (Å²) in [5.74, 6) is -0.830. The van der Waals surface area contributed by atoms with Crippen LogP contribution < -0.4 is 0 Å². The maximum Gasteiger partial charge on any atom is 0.285 e. The van der Waals surface area contributed by atoms with Gasteiger partial charge in [0, 0.05) is 7.11 Å². The first-order valence-electron chi connectivity index (χ1n) is 5.82. The normalized spacial score (nSPS) is 16.0. The van der Waals surface area contributed by atoms with Gasteiger partial charge in [-0.1, -0.05) is 19.1 Å². The topological polar surface area (TPSA) is 55.8 Å². The van der Waals surface area contributed by atoms with Crippen LogP contribution in [0.25, 0.3) is 0 Å². The number of hydrogen-bond acceptors (Lipinski definition) is 4. The average molecular weight is 249 g/mol. The van der Waals surface area contributed by atoms with Gasteiger partial charge in [0.05, 0.1) is 17.2 Å². The molecule has 18 heavy (non-hydrogen) atoms. The number of benzene rings is 1. The molecular weight excluding hydrogens is 234 g/mol. The maximum absolute atomic E-state index is 11.9. The fraction of sp³-hybridized carbons (Fsp3) is 0.385. The molecule has 1 atom stereocenters. The number of carbonyl (C=O) groups excluding carboxylic acids is 2. The van der Waals surface area contributed by atoms with Crippen molar-refractivity contribution in [2.75, 3.05) is 13.7 Å². The van der Waals surface area contributed by atoms with Gasteiger partial charge in [0.1, 0.15) is 6.61 Å². The molecule has 5 heteroatoms. The Bertz CT molecular complexity index is 433. The van der Waals surface area contributed by atoms with E-state index in [4.69, 9.17) is 9.57 Å². The van der Waals surface area contributed by atoms with Gasteiger partial charge in [-0.3, -0.25) is 14.4 Å². The number of hydroxylamine groups is 2. The molecule has 1 aromatic rings. The van der Waals surface area contributed by atoms with E-state index >= 15 is 0 Å². The molecule has 1 unspecified atom stereocenters. The highest BCUT2D eigenvalue weighted by atomic mass is 16.7. The summed E-state index contributed by atoms with van der Waals surface area (Å²) in [4.78, 5) is 29.1. The third kappa shape index (κ3) is 2.14. The Balaban J connectivity index is 2.09. The van der Waals surface area contributed by atoms with E-state index in [1.807, 2.05) is 6.92 Å². The monoisotopic (exact) mass is 249 g/mol. The minimum absolute atomic E-state index is 0.130. The molecule has 0 saturated carbocycles. The Morgan fingerprint density at radius 2 is 1.72 bits per heavy atom. The number of rotatable bonds is 5. The summed E-state index contributed by atoms with van der Waals surface area (Å²) in [5.41, 5.74) is 0.765. The van der Waals surface area contributed by atoms with E-state index < -0.39 is 11.8 Å². The smallest absolute Gasteiger partial charge is 0.285 e. The maximum atomic E-state index is 11.9. The Morgan fingerprint density at radius 1 is 1.17 bits per heavy atom. The van der Waals surface area contributed by atoms with E-state index in [9.17, 15) is 9.59 Å². The quantitative estimate of drug-likeness (QED) is 0.744. The van der Waals surface area contributed by atoms with Gasteiger partial charge in [-0.2, -0.15) is 0 Å². The summed E-state index contributed by atoms with van der Waals surface area (Å²) in [6.45, 7) is 2.12. The molecule has 1 aliphatic heterocycles. The van der Waals surface area contributed by atoms with Gasteiger partial charge in [0.25, 0.3) is 11.8 Å². The summed E-state index contributed by atoms with van der Waals surface area (Å²) in [6, 6.07) is 6.67. The molecular formula is C13H15NO4. The van der Waals surface area contributed by atoms with E-state index in [0.29, 0.717) is 11.1 Å². The molecule has 96 valence electrons. The first-order valence-corrected chi connectivity index (χ1v) is 5.82. The molecule has 0 N–H and O–H groups in total. The second kappa shape index (κ2) is 5.29. The summed E-state index contributed by atoms with van der Waals surface area (Å²) in [5, 5.41) is 0.812. The molecule has 0 aromatic heterocycles. The second-order valence-electron chi connectivity index (χ2n) is 4.01. The van der Waals surface area contributed by atoms with Crippen molar-refractivity contribution < 1.29 is 19.2 Å². The van der Waals surface area contributed by atoms with Gasteiger partial charge in [-0.15, -0.1) is 5.06 Å². The number of carbonyl (C=O) groups is 2. The second-order valence-corrected chi connectivity index (χ2v) is 4.01. The SMILES string of the molecule is CCC(CON1C(=O)c2ccccc2C1=O)OC. The van der Waals surface area contributed by atoms with Crippen molar-refractivity contribution in [2.45, 2.75) is 19.4 Å². The minimum Gasteiger partial charge on any atom is -0.379 e. The summed E-state index contributed by atoms with van der Waals surface area (Å²) in [7, 11) is 1.57. The Hall–Kier alpha value is -1.72. The zero-order valence-electron chi connectivity index (χ0n) is 10.4. The summed E-state index contributed by atoms with van der Waals surface area (Å²) < 4.78 is 5.13. The Morgan fingerprint density at radius 3 is 2.17 bits per heavy atom. The highest BCUT2D eigenvalue weighted by Gasteiger charge is 2.36. The third-order valence-corrected chi connectivity index (χ3v) is 2.93. The molecule has 2 rings (SSSR count). The van der Waals surface area contributed by atoms with Gasteiger partial charge in [0.15, 0.2) is 0 Å². The van der Waals surface area contributed by atoms with Crippen molar-refractivity contribution in [1.82, 2.24) is 5.06 Å². The van der Waals surface area contributed by atoms with Crippen LogP contribution in [0.5, 0.6) is 0 Å². The van der Waals surface area contributed by atoms with Crippen LogP contribution in [-0.4, -0.2) is 36.7 Å². The highest BCUT2D eigenvalue weighted by Crippen LogP contribution is 2.22. The number of imide groups is 1. The van der Waals surface area contributed by atoms with Crippen molar-refractivity contribution in [3.63, 3.8) is 0 Å². The fourth-order valence-corrected chi connectivity index (χ4v) is 1.79. The van der Waals surface area contributed by atoms with Gasteiger partial charge in [0.2, 0.25) is 0 Å². The number of amides is 2. The number of ether oxygens (including phenoxy) is 1. The standard InChI is InChI=1S/C13H15NO4/c1-3-9(17-2)8-18-14-12(15)10-6-4-5-7-11(10)13(14)16/h4-7,9H,3,8H2,1-2H3. The van der Waals surface area contributed by atoms with Gasteiger partial charge in [-0.05, 0) is 18.6 Å². The predicted octanol–water partition coefficient (Wildman–Crippen LogP) is 1.64. The van der Waals surface area contributed by atoms with Crippen molar-refractivity contribution in [3.05, 3.63) is 35.4 Å². The lowest BCUT2D eigenvalue weighted by atomic mass is 10.1. The molecule has 0 fully saturated rings. The number of nitrogens with zero attached hydrogens (tertiary/aromatic N) is 1. The van der Waals surface area contributed by atoms with E-state index in [1.165, 1.54) is 0 Å². The Kier molecular flexibility index (Phi) is 3.74. The van der Waals surface area contributed by atoms with Crippen LogP contribution in [0.1, 0.15) is 34.1 Å². The van der Waals surface area contributed by atoms with Crippen LogP contribution >= 0.6 is 0 Å². The van der Waals surface area contributed by atoms with Crippen molar-refractivity contribution >= 4 is 11.8 Å². The van der Waals surface area contributed by atoms with Crippen molar-refractivity contribution in [3.8, 4) is 0 Å². The molecule has 0 radical (unpaired) electrons. The van der Waals surface area contributed by atoms with Crippen LogP contribution in [0.4, 0.5) is 0 Å². The molecule has 2 amide bonds. The van der Waals surface area contributed by atoms with Crippen LogP contribution in [-0.2, 0) is 9.57 Å². The van der Waals surface area contributed by atoms with Crippen LogP contribution in [0.2, 0.25) is 0 Å². The molecule has 5 nitrogen and oxygen atoms in total. The molecule has 1 aromatic carbocycles. The van der Waals surface area contributed by atoms with Gasteiger partial charge < -0.3 is 4.74 Å². The lowest BCUT2D eigenvalue weighted by Gasteiger charge is -2.17. The van der Waals surface area contributed by atoms with Crippen molar-refractivity contribution in [1.29, 1.82) is 0 Å². The lowest BCUT2D eigenvalue weighted by Crippen LogP contribution is -2.33. The Labute approximate surface area is 105 Å². The fourth-order valence-electron chi connectivity index (χ4n) is 1.79. The largest absolute Gasteiger partial charge is 0.379 e. The summed E-state index contributed by atoms with van der Waals surface area (Å²) in [6.07, 6.45) is 0.619. The molecule has 0 saturated heterocycles. The minimum atomic E-state index is -0.415. The predicted molar refractivity (Wildman–Crippen MR) is 64.0 cm³/mol.